The fourth-order valence-corrected chi connectivity index (χ4v) is 2.66. The van der Waals surface area contributed by atoms with E-state index in [0.717, 1.165) is 31.2 Å². The van der Waals surface area contributed by atoms with Crippen LogP contribution in [0.5, 0.6) is 0 Å². The van der Waals surface area contributed by atoms with E-state index in [9.17, 15) is 13.2 Å². The highest BCUT2D eigenvalue weighted by Crippen LogP contribution is 2.36. The number of hydrogen-bond donors (Lipinski definition) is 1. The second-order valence-electron chi connectivity index (χ2n) is 5.24. The first kappa shape index (κ1) is 13.4. The summed E-state index contributed by atoms with van der Waals surface area (Å²) in [6, 6.07) is 4.59. The van der Waals surface area contributed by atoms with Gasteiger partial charge in [-0.15, -0.1) is 0 Å². The number of hydrogen-bond acceptors (Lipinski definition) is 1. The minimum atomic E-state index is -4.26. The van der Waals surface area contributed by atoms with Gasteiger partial charge < -0.3 is 5.73 Å². The van der Waals surface area contributed by atoms with Crippen molar-refractivity contribution in [1.29, 1.82) is 0 Å². The lowest BCUT2D eigenvalue weighted by Crippen LogP contribution is -2.25. The summed E-state index contributed by atoms with van der Waals surface area (Å²) in [6.45, 7) is 1.72. The summed E-state index contributed by atoms with van der Waals surface area (Å²) in [7, 11) is 0. The van der Waals surface area contributed by atoms with E-state index in [2.05, 4.69) is 0 Å². The lowest BCUT2D eigenvalue weighted by molar-refractivity contribution is -0.137. The van der Waals surface area contributed by atoms with Gasteiger partial charge in [-0.05, 0) is 56.2 Å². The highest BCUT2D eigenvalue weighted by molar-refractivity contribution is 5.33. The van der Waals surface area contributed by atoms with Gasteiger partial charge in [0.1, 0.15) is 0 Å². The summed E-state index contributed by atoms with van der Waals surface area (Å²) in [5.41, 5.74) is 6.78. The number of alkyl halides is 3. The largest absolute Gasteiger partial charge is 0.416 e. The summed E-state index contributed by atoms with van der Waals surface area (Å²) >= 11 is 0. The molecular formula is C14H18F3N. The van der Waals surface area contributed by atoms with E-state index in [1.165, 1.54) is 12.1 Å². The molecule has 0 aromatic heterocycles. The first-order valence-corrected chi connectivity index (χ1v) is 6.30. The number of aryl methyl sites for hydroxylation is 1. The maximum Gasteiger partial charge on any atom is 0.416 e. The lowest BCUT2D eigenvalue weighted by atomic mass is 9.81. The Labute approximate surface area is 105 Å². The molecule has 1 aromatic rings. The van der Waals surface area contributed by atoms with Gasteiger partial charge in [-0.1, -0.05) is 11.6 Å². The van der Waals surface area contributed by atoms with Crippen LogP contribution in [0.3, 0.4) is 0 Å². The van der Waals surface area contributed by atoms with Crippen LogP contribution in [-0.2, 0) is 6.18 Å². The Bertz CT molecular complexity index is 418. The maximum atomic E-state index is 12.8. The summed E-state index contributed by atoms with van der Waals surface area (Å²) in [5, 5.41) is 0. The van der Waals surface area contributed by atoms with Crippen molar-refractivity contribution in [2.24, 2.45) is 5.73 Å². The standard InChI is InChI=1S/C14H18F3N/c1-9-6-11(8-12(7-9)14(15,16)17)10-2-4-13(18)5-3-10/h6-8,10,13H,2-5,18H2,1H3. The predicted octanol–water partition coefficient (Wildman–Crippen LogP) is 4.00. The minimum Gasteiger partial charge on any atom is -0.328 e. The second kappa shape index (κ2) is 4.92. The lowest BCUT2D eigenvalue weighted by Gasteiger charge is -2.27. The molecule has 1 aliphatic carbocycles. The second-order valence-corrected chi connectivity index (χ2v) is 5.24. The minimum absolute atomic E-state index is 0.216. The zero-order chi connectivity index (χ0) is 13.3. The maximum absolute atomic E-state index is 12.8. The van der Waals surface area contributed by atoms with Gasteiger partial charge in [-0.25, -0.2) is 0 Å². The highest BCUT2D eigenvalue weighted by atomic mass is 19.4. The molecule has 0 atom stereocenters. The summed E-state index contributed by atoms with van der Waals surface area (Å²) < 4.78 is 38.3. The predicted molar refractivity (Wildman–Crippen MR) is 65.4 cm³/mol. The van der Waals surface area contributed by atoms with E-state index in [1.807, 2.05) is 6.07 Å². The van der Waals surface area contributed by atoms with E-state index in [4.69, 9.17) is 5.73 Å². The Morgan fingerprint density at radius 1 is 1.06 bits per heavy atom. The highest BCUT2D eigenvalue weighted by Gasteiger charge is 2.32. The molecule has 1 aromatic carbocycles. The molecule has 0 saturated heterocycles. The van der Waals surface area contributed by atoms with Gasteiger partial charge in [0.2, 0.25) is 0 Å². The molecule has 18 heavy (non-hydrogen) atoms. The van der Waals surface area contributed by atoms with Crippen LogP contribution in [0, 0.1) is 6.92 Å². The topological polar surface area (TPSA) is 26.0 Å². The van der Waals surface area contributed by atoms with Crippen molar-refractivity contribution in [1.82, 2.24) is 0 Å². The number of benzene rings is 1. The molecule has 0 radical (unpaired) electrons. The first-order valence-electron chi connectivity index (χ1n) is 6.30. The van der Waals surface area contributed by atoms with Crippen molar-refractivity contribution in [3.8, 4) is 0 Å². The fraction of sp³-hybridized carbons (Fsp3) is 0.571. The van der Waals surface area contributed by atoms with Crippen LogP contribution < -0.4 is 5.73 Å². The molecule has 4 heteroatoms. The van der Waals surface area contributed by atoms with Crippen LogP contribution >= 0.6 is 0 Å². The molecule has 0 bridgehead atoms. The van der Waals surface area contributed by atoms with Gasteiger partial charge in [0.05, 0.1) is 5.56 Å². The smallest absolute Gasteiger partial charge is 0.328 e. The molecule has 1 saturated carbocycles. The zero-order valence-corrected chi connectivity index (χ0v) is 10.4. The van der Waals surface area contributed by atoms with Crippen molar-refractivity contribution in [3.05, 3.63) is 34.9 Å². The van der Waals surface area contributed by atoms with Crippen molar-refractivity contribution < 1.29 is 13.2 Å². The Kier molecular flexibility index (Phi) is 3.66. The summed E-state index contributed by atoms with van der Waals surface area (Å²) in [5.74, 6) is 0.228. The van der Waals surface area contributed by atoms with E-state index < -0.39 is 11.7 Å². The third-order valence-corrected chi connectivity index (χ3v) is 3.67. The summed E-state index contributed by atoms with van der Waals surface area (Å²) in [6.07, 6.45) is -0.671. The van der Waals surface area contributed by atoms with E-state index in [-0.39, 0.29) is 12.0 Å². The normalized spacial score (nSPS) is 25.2. The monoisotopic (exact) mass is 257 g/mol. The molecule has 2 rings (SSSR count). The zero-order valence-electron chi connectivity index (χ0n) is 10.4. The third kappa shape index (κ3) is 3.05. The summed E-state index contributed by atoms with van der Waals surface area (Å²) in [4.78, 5) is 0. The first-order chi connectivity index (χ1) is 8.36. The van der Waals surface area contributed by atoms with Crippen molar-refractivity contribution in [3.63, 3.8) is 0 Å². The average molecular weight is 257 g/mol. The van der Waals surface area contributed by atoms with E-state index >= 15 is 0 Å². The molecule has 1 aliphatic rings. The van der Waals surface area contributed by atoms with E-state index in [0.29, 0.717) is 5.56 Å². The molecule has 100 valence electrons. The number of halogens is 3. The Morgan fingerprint density at radius 2 is 1.67 bits per heavy atom. The van der Waals surface area contributed by atoms with Crippen molar-refractivity contribution >= 4 is 0 Å². The molecule has 2 N–H and O–H groups in total. The van der Waals surface area contributed by atoms with Crippen molar-refractivity contribution in [2.75, 3.05) is 0 Å². The third-order valence-electron chi connectivity index (χ3n) is 3.67. The molecule has 0 aliphatic heterocycles. The van der Waals surface area contributed by atoms with Gasteiger partial charge >= 0.3 is 6.18 Å². The number of rotatable bonds is 1. The van der Waals surface area contributed by atoms with Crippen LogP contribution in [0.4, 0.5) is 13.2 Å². The van der Waals surface area contributed by atoms with Crippen LogP contribution in [-0.4, -0.2) is 6.04 Å². The van der Waals surface area contributed by atoms with Gasteiger partial charge in [0, 0.05) is 6.04 Å². The van der Waals surface area contributed by atoms with Crippen LogP contribution in [0.1, 0.15) is 48.3 Å². The molecule has 0 spiro atoms. The quantitative estimate of drug-likeness (QED) is 0.808. The van der Waals surface area contributed by atoms with Crippen LogP contribution in [0.2, 0.25) is 0 Å². The van der Waals surface area contributed by atoms with Crippen molar-refractivity contribution in [2.45, 2.75) is 50.7 Å². The fourth-order valence-electron chi connectivity index (χ4n) is 2.66. The molecule has 1 fully saturated rings. The van der Waals surface area contributed by atoms with Gasteiger partial charge in [0.25, 0.3) is 0 Å². The molecular weight excluding hydrogens is 239 g/mol. The van der Waals surface area contributed by atoms with Gasteiger partial charge in [0.15, 0.2) is 0 Å². The Hall–Kier alpha value is -1.03. The molecule has 0 heterocycles. The molecule has 1 nitrogen and oxygen atoms in total. The van der Waals surface area contributed by atoms with Crippen LogP contribution in [0.15, 0.2) is 18.2 Å². The SMILES string of the molecule is Cc1cc(C2CCC(N)CC2)cc(C(F)(F)F)c1. The van der Waals surface area contributed by atoms with Gasteiger partial charge in [-0.2, -0.15) is 13.2 Å². The average Bonchev–Trinajstić information content (AvgIpc) is 2.28. The molecule has 0 amide bonds. The number of nitrogens with two attached hydrogens (primary N) is 1. The molecule has 0 unspecified atom stereocenters. The Morgan fingerprint density at radius 3 is 2.22 bits per heavy atom. The van der Waals surface area contributed by atoms with E-state index in [1.54, 1.807) is 6.92 Å². The van der Waals surface area contributed by atoms with Crippen LogP contribution in [0.25, 0.3) is 0 Å². The van der Waals surface area contributed by atoms with Gasteiger partial charge in [-0.3, -0.25) is 0 Å². The Balaban J connectivity index is 2.25.